The molecule has 1 N–H and O–H groups in total. The lowest BCUT2D eigenvalue weighted by atomic mass is 9.79. The van der Waals surface area contributed by atoms with Gasteiger partial charge < -0.3 is 10.1 Å². The van der Waals surface area contributed by atoms with Crippen LogP contribution in [0.5, 0.6) is 0 Å². The molecule has 1 aromatic rings. The molecule has 2 unspecified atom stereocenters. The van der Waals surface area contributed by atoms with Crippen molar-refractivity contribution in [1.82, 2.24) is 10.3 Å². The van der Waals surface area contributed by atoms with Gasteiger partial charge in [-0.1, -0.05) is 6.92 Å². The Hall–Kier alpha value is -0.450. The van der Waals surface area contributed by atoms with Gasteiger partial charge >= 0.3 is 0 Å². The summed E-state index contributed by atoms with van der Waals surface area (Å²) < 4.78 is 7.32. The fourth-order valence-corrected chi connectivity index (χ4v) is 3.90. The van der Waals surface area contributed by atoms with Gasteiger partial charge in [0.05, 0.1) is 11.2 Å². The van der Waals surface area contributed by atoms with E-state index in [9.17, 15) is 0 Å². The van der Waals surface area contributed by atoms with Crippen LogP contribution in [0.1, 0.15) is 59.1 Å². The first-order chi connectivity index (χ1) is 9.75. The standard InChI is InChI=1S/C17H27BrN2O/c1-6-7-20-15(12-8-13(18)11-19-10-12)14-9-16(2,3)21-17(14,4)5/h8,10-11,14-15,20H,6-7,9H2,1-5H3. The Morgan fingerprint density at radius 3 is 2.62 bits per heavy atom. The molecular weight excluding hydrogens is 328 g/mol. The van der Waals surface area contributed by atoms with Crippen molar-refractivity contribution in [2.75, 3.05) is 6.54 Å². The van der Waals surface area contributed by atoms with Gasteiger partial charge in [0.25, 0.3) is 0 Å². The normalized spacial score (nSPS) is 25.0. The number of rotatable bonds is 5. The minimum Gasteiger partial charge on any atom is -0.369 e. The predicted octanol–water partition coefficient (Wildman–Crippen LogP) is 4.48. The summed E-state index contributed by atoms with van der Waals surface area (Å²) in [5, 5.41) is 3.71. The van der Waals surface area contributed by atoms with Crippen LogP contribution in [0, 0.1) is 5.92 Å². The Labute approximate surface area is 137 Å². The molecule has 1 saturated heterocycles. The molecule has 4 heteroatoms. The largest absolute Gasteiger partial charge is 0.369 e. The molecule has 0 bridgehead atoms. The van der Waals surface area contributed by atoms with Crippen molar-refractivity contribution < 1.29 is 4.74 Å². The van der Waals surface area contributed by atoms with Crippen molar-refractivity contribution in [3.63, 3.8) is 0 Å². The maximum atomic E-state index is 6.29. The van der Waals surface area contributed by atoms with E-state index < -0.39 is 0 Å². The third-order valence-electron chi connectivity index (χ3n) is 4.25. The van der Waals surface area contributed by atoms with Crippen molar-refractivity contribution in [2.45, 2.75) is 64.7 Å². The Balaban J connectivity index is 2.32. The summed E-state index contributed by atoms with van der Waals surface area (Å²) in [6, 6.07) is 2.44. The third kappa shape index (κ3) is 4.05. The van der Waals surface area contributed by atoms with Crippen LogP contribution in [-0.4, -0.2) is 22.7 Å². The molecule has 118 valence electrons. The van der Waals surface area contributed by atoms with Crippen LogP contribution >= 0.6 is 15.9 Å². The summed E-state index contributed by atoms with van der Waals surface area (Å²) in [6.07, 6.45) is 5.98. The summed E-state index contributed by atoms with van der Waals surface area (Å²) in [5.74, 6) is 0.426. The number of nitrogens with one attached hydrogen (secondary N) is 1. The number of aromatic nitrogens is 1. The van der Waals surface area contributed by atoms with Gasteiger partial charge in [0.1, 0.15) is 0 Å². The molecule has 0 saturated carbocycles. The van der Waals surface area contributed by atoms with E-state index in [-0.39, 0.29) is 17.2 Å². The molecule has 0 spiro atoms. The molecule has 1 aliphatic rings. The van der Waals surface area contributed by atoms with Crippen molar-refractivity contribution in [1.29, 1.82) is 0 Å². The van der Waals surface area contributed by atoms with Gasteiger partial charge in [-0.15, -0.1) is 0 Å². The van der Waals surface area contributed by atoms with E-state index >= 15 is 0 Å². The lowest BCUT2D eigenvalue weighted by Gasteiger charge is -2.34. The number of nitrogens with zero attached hydrogens (tertiary/aromatic N) is 1. The molecule has 2 rings (SSSR count). The van der Waals surface area contributed by atoms with Crippen LogP contribution in [0.2, 0.25) is 0 Å². The maximum absolute atomic E-state index is 6.29. The molecule has 3 nitrogen and oxygen atoms in total. The van der Waals surface area contributed by atoms with Crippen molar-refractivity contribution >= 4 is 15.9 Å². The number of hydrogen-bond acceptors (Lipinski definition) is 3. The van der Waals surface area contributed by atoms with Gasteiger partial charge in [-0.2, -0.15) is 0 Å². The smallest absolute Gasteiger partial charge is 0.0681 e. The minimum absolute atomic E-state index is 0.0697. The molecule has 1 aliphatic heterocycles. The lowest BCUT2D eigenvalue weighted by molar-refractivity contribution is -0.0778. The van der Waals surface area contributed by atoms with E-state index in [1.807, 2.05) is 12.4 Å². The Kier molecular flexibility index (Phi) is 5.11. The zero-order chi connectivity index (χ0) is 15.7. The second-order valence-electron chi connectivity index (χ2n) is 7.14. The first-order valence-electron chi connectivity index (χ1n) is 7.79. The van der Waals surface area contributed by atoms with Crippen LogP contribution in [0.25, 0.3) is 0 Å². The van der Waals surface area contributed by atoms with Gasteiger partial charge in [0.15, 0.2) is 0 Å². The Morgan fingerprint density at radius 1 is 1.38 bits per heavy atom. The number of pyridine rings is 1. The Morgan fingerprint density at radius 2 is 2.10 bits per heavy atom. The number of hydrogen-bond donors (Lipinski definition) is 1. The van der Waals surface area contributed by atoms with Gasteiger partial charge in [-0.05, 0) is 74.6 Å². The van der Waals surface area contributed by atoms with E-state index in [0.717, 1.165) is 23.9 Å². The molecule has 21 heavy (non-hydrogen) atoms. The van der Waals surface area contributed by atoms with Gasteiger partial charge in [0, 0.05) is 28.8 Å². The summed E-state index contributed by atoms with van der Waals surface area (Å²) >= 11 is 3.54. The fraction of sp³-hybridized carbons (Fsp3) is 0.706. The summed E-state index contributed by atoms with van der Waals surface area (Å²) in [5.41, 5.74) is 1.02. The van der Waals surface area contributed by atoms with Crippen LogP contribution in [-0.2, 0) is 4.74 Å². The Bertz CT molecular complexity index is 487. The first-order valence-corrected chi connectivity index (χ1v) is 8.58. The SMILES string of the molecule is CCCNC(c1cncc(Br)c1)C1CC(C)(C)OC1(C)C. The molecule has 0 aliphatic carbocycles. The molecule has 1 aromatic heterocycles. The van der Waals surface area contributed by atoms with E-state index in [1.165, 1.54) is 5.56 Å². The first kappa shape index (κ1) is 16.9. The second-order valence-corrected chi connectivity index (χ2v) is 8.06. The van der Waals surface area contributed by atoms with Gasteiger partial charge in [-0.3, -0.25) is 4.98 Å². The van der Waals surface area contributed by atoms with Crippen LogP contribution in [0.4, 0.5) is 0 Å². The minimum atomic E-state index is -0.142. The zero-order valence-electron chi connectivity index (χ0n) is 13.7. The van der Waals surface area contributed by atoms with Crippen molar-refractivity contribution in [2.24, 2.45) is 5.92 Å². The van der Waals surface area contributed by atoms with E-state index in [1.54, 1.807) is 0 Å². The van der Waals surface area contributed by atoms with Crippen LogP contribution in [0.3, 0.4) is 0 Å². The molecular formula is C17H27BrN2O. The molecule has 2 atom stereocenters. The third-order valence-corrected chi connectivity index (χ3v) is 4.68. The lowest BCUT2D eigenvalue weighted by Crippen LogP contribution is -2.38. The topological polar surface area (TPSA) is 34.2 Å². The van der Waals surface area contributed by atoms with E-state index in [0.29, 0.717) is 5.92 Å². The highest BCUT2D eigenvalue weighted by Gasteiger charge is 2.49. The van der Waals surface area contributed by atoms with Crippen LogP contribution < -0.4 is 5.32 Å². The molecule has 0 radical (unpaired) electrons. The van der Waals surface area contributed by atoms with Gasteiger partial charge in [-0.25, -0.2) is 0 Å². The average Bonchev–Trinajstić information content (AvgIpc) is 2.58. The van der Waals surface area contributed by atoms with Crippen LogP contribution in [0.15, 0.2) is 22.9 Å². The fourth-order valence-electron chi connectivity index (χ4n) is 3.51. The van der Waals surface area contributed by atoms with Crippen molar-refractivity contribution in [3.05, 3.63) is 28.5 Å². The number of ether oxygens (including phenoxy) is 1. The second kappa shape index (κ2) is 6.35. The van der Waals surface area contributed by atoms with Gasteiger partial charge in [0.2, 0.25) is 0 Å². The molecule has 1 fully saturated rings. The highest BCUT2D eigenvalue weighted by atomic mass is 79.9. The highest BCUT2D eigenvalue weighted by Crippen LogP contribution is 2.47. The van der Waals surface area contributed by atoms with Crippen molar-refractivity contribution in [3.8, 4) is 0 Å². The van der Waals surface area contributed by atoms with E-state index in [4.69, 9.17) is 4.74 Å². The average molecular weight is 355 g/mol. The molecule has 0 aromatic carbocycles. The summed E-state index contributed by atoms with van der Waals surface area (Å²) in [4.78, 5) is 4.34. The predicted molar refractivity (Wildman–Crippen MR) is 90.3 cm³/mol. The molecule has 0 amide bonds. The monoisotopic (exact) mass is 354 g/mol. The van der Waals surface area contributed by atoms with E-state index in [2.05, 4.69) is 66.9 Å². The zero-order valence-corrected chi connectivity index (χ0v) is 15.3. The number of halogens is 1. The summed E-state index contributed by atoms with van der Waals surface area (Å²) in [7, 11) is 0. The highest BCUT2D eigenvalue weighted by molar-refractivity contribution is 9.10. The molecule has 2 heterocycles. The maximum Gasteiger partial charge on any atom is 0.0681 e. The summed E-state index contributed by atoms with van der Waals surface area (Å²) in [6.45, 7) is 12.0. The quantitative estimate of drug-likeness (QED) is 0.846.